The number of ether oxygens (including phenoxy) is 5. The molecule has 4 rings (SSSR count). The Morgan fingerprint density at radius 3 is 2.48 bits per heavy atom. The van der Waals surface area contributed by atoms with Gasteiger partial charge in [0, 0.05) is 10.0 Å². The molecule has 0 N–H and O–H groups in total. The summed E-state index contributed by atoms with van der Waals surface area (Å²) in [7, 11) is 1.65. The van der Waals surface area contributed by atoms with E-state index >= 15 is 0 Å². The highest BCUT2D eigenvalue weighted by molar-refractivity contribution is 9.11. The summed E-state index contributed by atoms with van der Waals surface area (Å²) in [5.41, 5.74) is 0.954. The first-order chi connectivity index (χ1) is 11.0. The second kappa shape index (κ2) is 5.57. The van der Waals surface area contributed by atoms with Gasteiger partial charge in [-0.05, 0) is 32.1 Å². The van der Waals surface area contributed by atoms with Gasteiger partial charge in [0.1, 0.15) is 30.2 Å². The predicted molar refractivity (Wildman–Crippen MR) is 86.3 cm³/mol. The normalized spacial score (nSPS) is 37.9. The lowest BCUT2D eigenvalue weighted by Crippen LogP contribution is -2.44. The van der Waals surface area contributed by atoms with Crippen LogP contribution in [0.2, 0.25) is 0 Å². The molecule has 2 heterocycles. The molecule has 0 bridgehead atoms. The maximum Gasteiger partial charge on any atom is 0.185 e. The molecule has 0 unspecified atom stereocenters. The summed E-state index contributed by atoms with van der Waals surface area (Å²) in [5, 5.41) is 0. The van der Waals surface area contributed by atoms with Crippen molar-refractivity contribution in [3.05, 3.63) is 40.4 Å². The van der Waals surface area contributed by atoms with Crippen molar-refractivity contribution < 1.29 is 23.7 Å². The monoisotopic (exact) mass is 382 g/mol. The molecular weight excluding hydrogens is 364 g/mol. The summed E-state index contributed by atoms with van der Waals surface area (Å²) in [6.45, 7) is 3.83. The molecule has 0 radical (unpaired) electrons. The SMILES string of the molecule is COc1ccc([C@@H]2O[C@H]3[C@@H]4OC(C)(C)O[C@@H]4C=C(Br)[C@H]3O2)cc1. The molecule has 0 amide bonds. The zero-order chi connectivity index (χ0) is 16.2. The van der Waals surface area contributed by atoms with Crippen molar-refractivity contribution in [3.63, 3.8) is 0 Å². The molecule has 2 fully saturated rings. The van der Waals surface area contributed by atoms with Crippen LogP contribution in [-0.2, 0) is 18.9 Å². The van der Waals surface area contributed by atoms with E-state index in [0.29, 0.717) is 0 Å². The Labute approximate surface area is 143 Å². The van der Waals surface area contributed by atoms with Crippen LogP contribution in [0, 0.1) is 0 Å². The van der Waals surface area contributed by atoms with E-state index in [2.05, 4.69) is 15.9 Å². The maximum atomic E-state index is 6.16. The quantitative estimate of drug-likeness (QED) is 0.785. The molecule has 5 nitrogen and oxygen atoms in total. The molecule has 0 aromatic heterocycles. The third kappa shape index (κ3) is 2.72. The summed E-state index contributed by atoms with van der Waals surface area (Å²) in [6, 6.07) is 7.70. The van der Waals surface area contributed by atoms with Gasteiger partial charge in [-0.15, -0.1) is 0 Å². The highest BCUT2D eigenvalue weighted by Crippen LogP contribution is 2.46. The lowest BCUT2D eigenvalue weighted by atomic mass is 9.96. The van der Waals surface area contributed by atoms with E-state index in [1.54, 1.807) is 7.11 Å². The Morgan fingerprint density at radius 2 is 1.78 bits per heavy atom. The summed E-state index contributed by atoms with van der Waals surface area (Å²) >= 11 is 3.59. The van der Waals surface area contributed by atoms with Crippen LogP contribution in [0.3, 0.4) is 0 Å². The zero-order valence-corrected chi connectivity index (χ0v) is 14.8. The van der Waals surface area contributed by atoms with E-state index in [-0.39, 0.29) is 24.4 Å². The smallest absolute Gasteiger partial charge is 0.185 e. The number of halogens is 1. The highest BCUT2D eigenvalue weighted by Gasteiger charge is 2.55. The highest BCUT2D eigenvalue weighted by atomic mass is 79.9. The van der Waals surface area contributed by atoms with Crippen LogP contribution >= 0.6 is 15.9 Å². The van der Waals surface area contributed by atoms with Crippen LogP contribution in [-0.4, -0.2) is 37.3 Å². The first kappa shape index (κ1) is 15.6. The van der Waals surface area contributed by atoms with Gasteiger partial charge < -0.3 is 23.7 Å². The van der Waals surface area contributed by atoms with Crippen molar-refractivity contribution in [2.75, 3.05) is 7.11 Å². The minimum Gasteiger partial charge on any atom is -0.497 e. The topological polar surface area (TPSA) is 46.2 Å². The van der Waals surface area contributed by atoms with Gasteiger partial charge in [-0.25, -0.2) is 0 Å². The van der Waals surface area contributed by atoms with Crippen molar-refractivity contribution in [3.8, 4) is 5.75 Å². The molecule has 3 aliphatic rings. The van der Waals surface area contributed by atoms with Crippen molar-refractivity contribution in [2.24, 2.45) is 0 Å². The number of methoxy groups -OCH3 is 1. The minimum absolute atomic E-state index is 0.126. The molecule has 23 heavy (non-hydrogen) atoms. The van der Waals surface area contributed by atoms with Crippen molar-refractivity contribution in [2.45, 2.75) is 50.3 Å². The van der Waals surface area contributed by atoms with Crippen LogP contribution in [0.15, 0.2) is 34.8 Å². The molecule has 2 saturated heterocycles. The van der Waals surface area contributed by atoms with Crippen LogP contribution in [0.4, 0.5) is 0 Å². The number of fused-ring (bicyclic) bond motifs is 3. The number of rotatable bonds is 2. The van der Waals surface area contributed by atoms with E-state index in [1.165, 1.54) is 0 Å². The average molecular weight is 383 g/mol. The predicted octanol–water partition coefficient (Wildman–Crippen LogP) is 3.29. The summed E-state index contributed by atoms with van der Waals surface area (Å²) in [4.78, 5) is 0. The third-order valence-electron chi connectivity index (χ3n) is 4.32. The minimum atomic E-state index is -0.616. The van der Waals surface area contributed by atoms with Gasteiger partial charge in [-0.2, -0.15) is 0 Å². The molecule has 5 atom stereocenters. The van der Waals surface area contributed by atoms with Crippen LogP contribution in [0.25, 0.3) is 0 Å². The van der Waals surface area contributed by atoms with Gasteiger partial charge in [-0.1, -0.05) is 28.1 Å². The first-order valence-electron chi connectivity index (χ1n) is 7.64. The second-order valence-corrected chi connectivity index (χ2v) is 7.29. The lowest BCUT2D eigenvalue weighted by molar-refractivity contribution is -0.158. The Balaban J connectivity index is 1.57. The fourth-order valence-electron chi connectivity index (χ4n) is 3.30. The summed E-state index contributed by atoms with van der Waals surface area (Å²) in [6.07, 6.45) is 0.913. The van der Waals surface area contributed by atoms with Crippen LogP contribution in [0.1, 0.15) is 25.7 Å². The fraction of sp³-hybridized carbons (Fsp3) is 0.529. The Bertz CT molecular complexity index is 626. The Hall–Kier alpha value is -0.920. The van der Waals surface area contributed by atoms with Gasteiger partial charge >= 0.3 is 0 Å². The molecule has 0 saturated carbocycles. The molecular formula is C17H19BrO5. The molecule has 124 valence electrons. The summed E-state index contributed by atoms with van der Waals surface area (Å²) in [5.74, 6) is 0.190. The molecule has 1 aromatic rings. The Kier molecular flexibility index (Phi) is 3.77. The molecule has 1 aliphatic carbocycles. The average Bonchev–Trinajstić information content (AvgIpc) is 3.08. The van der Waals surface area contributed by atoms with Gasteiger partial charge in [0.2, 0.25) is 0 Å². The van der Waals surface area contributed by atoms with E-state index in [0.717, 1.165) is 15.8 Å². The van der Waals surface area contributed by atoms with Crippen LogP contribution in [0.5, 0.6) is 5.75 Å². The number of hydrogen-bond donors (Lipinski definition) is 0. The van der Waals surface area contributed by atoms with Crippen molar-refractivity contribution in [1.82, 2.24) is 0 Å². The van der Waals surface area contributed by atoms with Gasteiger partial charge in [-0.3, -0.25) is 0 Å². The van der Waals surface area contributed by atoms with Gasteiger partial charge in [0.05, 0.1) is 7.11 Å². The Morgan fingerprint density at radius 1 is 1.04 bits per heavy atom. The van der Waals surface area contributed by atoms with E-state index in [4.69, 9.17) is 23.7 Å². The van der Waals surface area contributed by atoms with Crippen molar-refractivity contribution >= 4 is 15.9 Å². The van der Waals surface area contributed by atoms with E-state index in [1.807, 2.05) is 44.2 Å². The molecule has 2 aliphatic heterocycles. The lowest BCUT2D eigenvalue weighted by Gasteiger charge is -2.28. The summed E-state index contributed by atoms with van der Waals surface area (Å²) < 4.78 is 30.3. The number of benzene rings is 1. The fourth-order valence-corrected chi connectivity index (χ4v) is 3.93. The largest absolute Gasteiger partial charge is 0.497 e. The maximum absolute atomic E-state index is 6.16. The molecule has 6 heteroatoms. The van der Waals surface area contributed by atoms with Gasteiger partial charge in [0.15, 0.2) is 12.1 Å². The van der Waals surface area contributed by atoms with E-state index < -0.39 is 12.1 Å². The molecule has 0 spiro atoms. The number of hydrogen-bond acceptors (Lipinski definition) is 5. The standard InChI is InChI=1S/C17H19BrO5/c1-17(2)22-12-8-11(18)13-15(14(12)23-17)21-16(20-13)9-4-6-10(19-3)7-5-9/h4-8,12-16H,1-3H3/t12-,13-,14-,15-,16+/m1/s1. The van der Waals surface area contributed by atoms with Gasteiger partial charge in [0.25, 0.3) is 0 Å². The van der Waals surface area contributed by atoms with Crippen molar-refractivity contribution in [1.29, 1.82) is 0 Å². The second-order valence-electron chi connectivity index (χ2n) is 6.38. The van der Waals surface area contributed by atoms with E-state index in [9.17, 15) is 0 Å². The first-order valence-corrected chi connectivity index (χ1v) is 8.44. The van der Waals surface area contributed by atoms with Crippen LogP contribution < -0.4 is 4.74 Å². The third-order valence-corrected chi connectivity index (χ3v) is 5.04. The zero-order valence-electron chi connectivity index (χ0n) is 13.2. The molecule has 1 aromatic carbocycles.